The van der Waals surface area contributed by atoms with Crippen molar-refractivity contribution in [2.75, 3.05) is 13.1 Å². The fourth-order valence-corrected chi connectivity index (χ4v) is 5.40. The first-order valence-electron chi connectivity index (χ1n) is 11.6. The van der Waals surface area contributed by atoms with Crippen molar-refractivity contribution in [1.82, 2.24) is 9.47 Å². The Kier molecular flexibility index (Phi) is 7.56. The number of carboxylic acid groups (broad SMARTS) is 2. The number of para-hydroxylation sites is 1. The van der Waals surface area contributed by atoms with Gasteiger partial charge in [-0.3, -0.25) is 4.90 Å². The SMILES string of the molecule is O=C(O)C(=O)O.OC(CN1CCc2ccccc2C1)Cn1c2c(c3cccc(Cl)c31)CCCC2. The first kappa shape index (κ1) is 24.3. The number of hydrogen-bond donors (Lipinski definition) is 3. The molecule has 1 aliphatic carbocycles. The number of aliphatic hydroxyl groups is 1. The predicted octanol–water partition coefficient (Wildman–Crippen LogP) is 3.75. The number of rotatable bonds is 4. The van der Waals surface area contributed by atoms with Crippen molar-refractivity contribution in [3.05, 3.63) is 69.9 Å². The van der Waals surface area contributed by atoms with Crippen LogP contribution in [0.2, 0.25) is 5.02 Å². The summed E-state index contributed by atoms with van der Waals surface area (Å²) >= 11 is 6.60. The normalized spacial score (nSPS) is 16.2. The van der Waals surface area contributed by atoms with Gasteiger partial charge < -0.3 is 19.9 Å². The van der Waals surface area contributed by atoms with Crippen LogP contribution in [0.4, 0.5) is 0 Å². The number of aliphatic carboxylic acids is 2. The van der Waals surface area contributed by atoms with Gasteiger partial charge in [-0.1, -0.05) is 48.0 Å². The monoisotopic (exact) mass is 484 g/mol. The molecule has 0 saturated carbocycles. The molecule has 3 N–H and O–H groups in total. The first-order valence-corrected chi connectivity index (χ1v) is 11.9. The summed E-state index contributed by atoms with van der Waals surface area (Å²) in [7, 11) is 0. The zero-order valence-corrected chi connectivity index (χ0v) is 19.7. The highest BCUT2D eigenvalue weighted by Gasteiger charge is 2.24. The summed E-state index contributed by atoms with van der Waals surface area (Å²) in [6, 6.07) is 14.9. The van der Waals surface area contributed by atoms with Gasteiger partial charge in [0.1, 0.15) is 0 Å². The van der Waals surface area contributed by atoms with Crippen LogP contribution in [0.25, 0.3) is 10.9 Å². The molecular weight excluding hydrogens is 456 g/mol. The number of aryl methyl sites for hydroxylation is 1. The summed E-state index contributed by atoms with van der Waals surface area (Å²) in [6.45, 7) is 3.26. The van der Waals surface area contributed by atoms with Crippen molar-refractivity contribution in [2.24, 2.45) is 0 Å². The van der Waals surface area contributed by atoms with Gasteiger partial charge in [0.2, 0.25) is 0 Å². The number of carboxylic acids is 2. The Hall–Kier alpha value is -2.87. The van der Waals surface area contributed by atoms with Crippen LogP contribution in [0, 0.1) is 0 Å². The molecule has 180 valence electrons. The molecule has 7 nitrogen and oxygen atoms in total. The smallest absolute Gasteiger partial charge is 0.414 e. The van der Waals surface area contributed by atoms with Crippen LogP contribution in [-0.2, 0) is 41.9 Å². The topological polar surface area (TPSA) is 103 Å². The highest BCUT2D eigenvalue weighted by atomic mass is 35.5. The maximum absolute atomic E-state index is 11.0. The van der Waals surface area contributed by atoms with Crippen LogP contribution in [0.5, 0.6) is 0 Å². The number of aromatic nitrogens is 1. The molecule has 34 heavy (non-hydrogen) atoms. The molecule has 1 atom stereocenters. The molecule has 1 aliphatic heterocycles. The van der Waals surface area contributed by atoms with Gasteiger partial charge in [0, 0.05) is 30.7 Å². The molecule has 2 aliphatic rings. The number of fused-ring (bicyclic) bond motifs is 4. The van der Waals surface area contributed by atoms with Gasteiger partial charge >= 0.3 is 11.9 Å². The molecule has 0 radical (unpaired) electrons. The van der Waals surface area contributed by atoms with E-state index in [-0.39, 0.29) is 0 Å². The van der Waals surface area contributed by atoms with Crippen molar-refractivity contribution < 1.29 is 24.9 Å². The molecule has 1 unspecified atom stereocenters. The van der Waals surface area contributed by atoms with Gasteiger partial charge in [-0.25, -0.2) is 9.59 Å². The van der Waals surface area contributed by atoms with Gasteiger partial charge in [-0.15, -0.1) is 0 Å². The van der Waals surface area contributed by atoms with E-state index < -0.39 is 18.0 Å². The molecule has 1 aromatic heterocycles. The Bertz CT molecular complexity index is 1190. The van der Waals surface area contributed by atoms with Crippen LogP contribution in [0.15, 0.2) is 42.5 Å². The first-order chi connectivity index (χ1) is 16.3. The number of nitrogens with zero attached hydrogens (tertiary/aromatic N) is 2. The van der Waals surface area contributed by atoms with E-state index in [1.807, 2.05) is 12.1 Å². The number of halogens is 1. The fourth-order valence-electron chi connectivity index (χ4n) is 5.12. The third-order valence-corrected chi connectivity index (χ3v) is 6.91. The second-order valence-electron chi connectivity index (χ2n) is 8.90. The van der Waals surface area contributed by atoms with Gasteiger partial charge in [-0.05, 0) is 54.9 Å². The average molecular weight is 485 g/mol. The molecule has 0 amide bonds. The number of carbonyl (C=O) groups is 2. The lowest BCUT2D eigenvalue weighted by Crippen LogP contribution is -2.38. The highest BCUT2D eigenvalue weighted by molar-refractivity contribution is 6.35. The summed E-state index contributed by atoms with van der Waals surface area (Å²) in [5, 5.41) is 27.8. The molecule has 2 aromatic carbocycles. The fraction of sp³-hybridized carbons (Fsp3) is 0.385. The van der Waals surface area contributed by atoms with E-state index in [4.69, 9.17) is 31.4 Å². The van der Waals surface area contributed by atoms with E-state index in [0.717, 1.165) is 42.9 Å². The molecule has 0 bridgehead atoms. The molecule has 8 heteroatoms. The molecule has 0 fully saturated rings. The summed E-state index contributed by atoms with van der Waals surface area (Å²) in [4.78, 5) is 20.6. The second kappa shape index (κ2) is 10.6. The second-order valence-corrected chi connectivity index (χ2v) is 9.30. The Labute approximate surface area is 203 Å². The minimum atomic E-state index is -1.82. The van der Waals surface area contributed by atoms with E-state index in [9.17, 15) is 5.11 Å². The molecular formula is C26H29ClN2O5. The highest BCUT2D eigenvalue weighted by Crippen LogP contribution is 2.36. The standard InChI is InChI=1S/C24H27ClN2O.C2H2O4/c25-22-10-5-9-21-20-8-3-4-11-23(20)27(24(21)22)16-19(28)15-26-13-12-17-6-1-2-7-18(17)14-26;3-1(4)2(5)6/h1-2,5-7,9-10,19,28H,3-4,8,11-16H2;(H,3,4)(H,5,6). The van der Waals surface area contributed by atoms with E-state index in [0.29, 0.717) is 13.1 Å². The maximum Gasteiger partial charge on any atom is 0.414 e. The van der Waals surface area contributed by atoms with Crippen LogP contribution in [-0.4, -0.2) is 55.9 Å². The Morgan fingerprint density at radius 3 is 2.35 bits per heavy atom. The molecule has 5 rings (SSSR count). The van der Waals surface area contributed by atoms with E-state index in [2.05, 4.69) is 39.8 Å². The summed E-state index contributed by atoms with van der Waals surface area (Å²) in [5.74, 6) is -3.65. The Morgan fingerprint density at radius 2 is 1.62 bits per heavy atom. The summed E-state index contributed by atoms with van der Waals surface area (Å²) in [5.41, 5.74) is 6.79. The lowest BCUT2D eigenvalue weighted by atomic mass is 9.95. The van der Waals surface area contributed by atoms with E-state index in [1.165, 1.54) is 40.6 Å². The zero-order chi connectivity index (χ0) is 24.2. The molecule has 0 saturated heterocycles. The Balaban J connectivity index is 0.000000408. The lowest BCUT2D eigenvalue weighted by Gasteiger charge is -2.30. The third kappa shape index (κ3) is 5.27. The van der Waals surface area contributed by atoms with Crippen molar-refractivity contribution in [2.45, 2.75) is 51.3 Å². The minimum Gasteiger partial charge on any atom is -0.473 e. The van der Waals surface area contributed by atoms with Crippen molar-refractivity contribution >= 4 is 34.4 Å². The maximum atomic E-state index is 11.0. The predicted molar refractivity (Wildman–Crippen MR) is 130 cm³/mol. The Morgan fingerprint density at radius 1 is 0.912 bits per heavy atom. The molecule has 2 heterocycles. The van der Waals surface area contributed by atoms with Gasteiger partial charge in [0.05, 0.1) is 23.2 Å². The summed E-state index contributed by atoms with van der Waals surface area (Å²) in [6.07, 6.45) is 5.34. The summed E-state index contributed by atoms with van der Waals surface area (Å²) < 4.78 is 2.31. The van der Waals surface area contributed by atoms with Gasteiger partial charge in [0.15, 0.2) is 0 Å². The number of β-amino-alcohol motifs (C(OH)–C–C–N with tert-alkyl or cyclic N) is 1. The van der Waals surface area contributed by atoms with Crippen molar-refractivity contribution in [3.8, 4) is 0 Å². The number of aliphatic hydroxyl groups excluding tert-OH is 1. The third-order valence-electron chi connectivity index (χ3n) is 6.60. The van der Waals surface area contributed by atoms with Crippen LogP contribution >= 0.6 is 11.6 Å². The van der Waals surface area contributed by atoms with Crippen LogP contribution < -0.4 is 0 Å². The van der Waals surface area contributed by atoms with Gasteiger partial charge in [0.25, 0.3) is 0 Å². The lowest BCUT2D eigenvalue weighted by molar-refractivity contribution is -0.159. The van der Waals surface area contributed by atoms with Gasteiger partial charge in [-0.2, -0.15) is 0 Å². The van der Waals surface area contributed by atoms with Crippen molar-refractivity contribution in [3.63, 3.8) is 0 Å². The average Bonchev–Trinajstić information content (AvgIpc) is 3.14. The molecule has 3 aromatic rings. The quantitative estimate of drug-likeness (QED) is 0.487. The number of hydrogen-bond acceptors (Lipinski definition) is 4. The van der Waals surface area contributed by atoms with Crippen LogP contribution in [0.3, 0.4) is 0 Å². The van der Waals surface area contributed by atoms with Crippen molar-refractivity contribution in [1.29, 1.82) is 0 Å². The largest absolute Gasteiger partial charge is 0.473 e. The molecule has 0 spiro atoms. The van der Waals surface area contributed by atoms with E-state index >= 15 is 0 Å². The number of benzene rings is 2. The zero-order valence-electron chi connectivity index (χ0n) is 18.9. The van der Waals surface area contributed by atoms with Crippen LogP contribution in [0.1, 0.15) is 35.2 Å². The minimum absolute atomic E-state index is 0.400. The van der Waals surface area contributed by atoms with E-state index in [1.54, 1.807) is 0 Å².